The Balaban J connectivity index is 1.73. The molecule has 2 rings (SSSR count). The van der Waals surface area contributed by atoms with Gasteiger partial charge >= 0.3 is 11.9 Å². The van der Waals surface area contributed by atoms with Crippen LogP contribution < -0.4 is 0 Å². The molecule has 15 nitrogen and oxygen atoms in total. The van der Waals surface area contributed by atoms with Crippen molar-refractivity contribution in [1.29, 1.82) is 0 Å². The van der Waals surface area contributed by atoms with E-state index < -0.39 is 92.7 Å². The minimum atomic E-state index is -1.76. The standard InChI is InChI=1S/C49H92O15/c1-3-5-7-9-11-12-13-14-15-16-17-18-19-20-21-22-23-24-26-28-30-32-41(52)62-37(34-59-40(51)31-29-27-25-10-8-6-4-2)35-60-48-47(58)45(56)43(54)39(64-48)36-61-49-46(57)44(55)42(53)38(33-50)63-49/h37-39,42-50,53-58H,3-36H2,1-2H3/t37-,38+,39+,42-,43-,44?,45?,46?,47?,48+,49+/m1/s1. The molecule has 4 unspecified atom stereocenters. The lowest BCUT2D eigenvalue weighted by Gasteiger charge is -2.42. The number of esters is 2. The Hall–Kier alpha value is -1.50. The van der Waals surface area contributed by atoms with Gasteiger partial charge in [-0.3, -0.25) is 9.59 Å². The zero-order valence-electron chi connectivity index (χ0n) is 39.8. The number of carbonyl (C=O) groups is 2. The Morgan fingerprint density at radius 2 is 0.797 bits per heavy atom. The average Bonchev–Trinajstić information content (AvgIpc) is 3.29. The van der Waals surface area contributed by atoms with Crippen molar-refractivity contribution in [1.82, 2.24) is 0 Å². The fraction of sp³-hybridized carbons (Fsp3) is 0.959. The van der Waals surface area contributed by atoms with Crippen LogP contribution in [0.15, 0.2) is 0 Å². The van der Waals surface area contributed by atoms with Crippen molar-refractivity contribution in [2.75, 3.05) is 26.4 Å². The normalized spacial score (nSPS) is 26.5. The summed E-state index contributed by atoms with van der Waals surface area (Å²) in [7, 11) is 0. The van der Waals surface area contributed by atoms with E-state index in [2.05, 4.69) is 13.8 Å². The third-order valence-corrected chi connectivity index (χ3v) is 12.6. The van der Waals surface area contributed by atoms with Crippen molar-refractivity contribution in [2.45, 2.75) is 274 Å². The monoisotopic (exact) mass is 921 g/mol. The first-order chi connectivity index (χ1) is 31.0. The van der Waals surface area contributed by atoms with E-state index in [-0.39, 0.29) is 26.1 Å². The zero-order valence-corrected chi connectivity index (χ0v) is 39.8. The second-order valence-electron chi connectivity index (χ2n) is 18.4. The Morgan fingerprint density at radius 1 is 0.438 bits per heavy atom. The third-order valence-electron chi connectivity index (χ3n) is 12.6. The first-order valence-electron chi connectivity index (χ1n) is 25.6. The van der Waals surface area contributed by atoms with Gasteiger partial charge in [0.1, 0.15) is 55.4 Å². The van der Waals surface area contributed by atoms with Crippen molar-refractivity contribution >= 4 is 11.9 Å². The molecule has 0 aromatic rings. The van der Waals surface area contributed by atoms with Crippen LogP contribution in [0.1, 0.15) is 206 Å². The van der Waals surface area contributed by atoms with Gasteiger partial charge in [-0.15, -0.1) is 0 Å². The predicted octanol–water partition coefficient (Wildman–Crippen LogP) is 6.82. The lowest BCUT2D eigenvalue weighted by molar-refractivity contribution is -0.332. The molecule has 7 N–H and O–H groups in total. The van der Waals surface area contributed by atoms with Gasteiger partial charge in [0, 0.05) is 12.8 Å². The zero-order chi connectivity index (χ0) is 46.8. The molecule has 2 saturated heterocycles. The number of hydrogen-bond acceptors (Lipinski definition) is 15. The molecule has 2 aliphatic rings. The van der Waals surface area contributed by atoms with Gasteiger partial charge in [-0.2, -0.15) is 0 Å². The van der Waals surface area contributed by atoms with Crippen LogP contribution in [0.3, 0.4) is 0 Å². The van der Waals surface area contributed by atoms with E-state index in [0.29, 0.717) is 12.8 Å². The van der Waals surface area contributed by atoms with E-state index in [1.807, 2.05) is 0 Å². The van der Waals surface area contributed by atoms with Crippen LogP contribution in [0.5, 0.6) is 0 Å². The van der Waals surface area contributed by atoms with Gasteiger partial charge in [-0.25, -0.2) is 0 Å². The molecule has 64 heavy (non-hydrogen) atoms. The molecule has 0 amide bonds. The highest BCUT2D eigenvalue weighted by Crippen LogP contribution is 2.26. The third kappa shape index (κ3) is 25.6. The predicted molar refractivity (Wildman–Crippen MR) is 243 cm³/mol. The lowest BCUT2D eigenvalue weighted by atomic mass is 9.98. The minimum Gasteiger partial charge on any atom is -0.462 e. The van der Waals surface area contributed by atoms with E-state index in [1.165, 1.54) is 122 Å². The second-order valence-corrected chi connectivity index (χ2v) is 18.4. The Bertz CT molecular complexity index is 1130. The van der Waals surface area contributed by atoms with Crippen LogP contribution in [0, 0.1) is 0 Å². The van der Waals surface area contributed by atoms with Gasteiger partial charge in [0.2, 0.25) is 0 Å². The Kier molecular flexibility index (Phi) is 34.3. The summed E-state index contributed by atoms with van der Waals surface area (Å²) in [6.07, 6.45) is 17.4. The molecule has 0 spiro atoms. The van der Waals surface area contributed by atoms with E-state index >= 15 is 0 Å². The Morgan fingerprint density at radius 3 is 1.22 bits per heavy atom. The van der Waals surface area contributed by atoms with Crippen molar-refractivity contribution in [2.24, 2.45) is 0 Å². The summed E-state index contributed by atoms with van der Waals surface area (Å²) >= 11 is 0. The van der Waals surface area contributed by atoms with Crippen LogP contribution in [-0.2, 0) is 38.0 Å². The van der Waals surface area contributed by atoms with Crippen molar-refractivity contribution in [3.63, 3.8) is 0 Å². The minimum absolute atomic E-state index is 0.173. The molecule has 11 atom stereocenters. The topological polar surface area (TPSA) is 231 Å². The average molecular weight is 921 g/mol. The number of ether oxygens (including phenoxy) is 6. The summed E-state index contributed by atoms with van der Waals surface area (Å²) in [6.45, 7) is 2.56. The SMILES string of the molecule is CCCCCCCCCCCCCCCCCCCCCCCC(=O)O[C@H](COC(=O)CCCCCCCCC)CO[C@H]1O[C@@H](CO[C@H]2O[C@@H](CO)[C@@H](O)C(O)C2O)[C@@H](O)C(O)C1O. The van der Waals surface area contributed by atoms with E-state index in [9.17, 15) is 45.3 Å². The highest BCUT2D eigenvalue weighted by Gasteiger charge is 2.47. The fourth-order valence-electron chi connectivity index (χ4n) is 8.34. The first-order valence-corrected chi connectivity index (χ1v) is 25.6. The Labute approximate surface area is 385 Å². The molecule has 2 aliphatic heterocycles. The maximum absolute atomic E-state index is 13.0. The number of carbonyl (C=O) groups excluding carboxylic acids is 2. The van der Waals surface area contributed by atoms with Gasteiger partial charge in [-0.05, 0) is 12.8 Å². The van der Waals surface area contributed by atoms with E-state index in [1.54, 1.807) is 0 Å². The first kappa shape index (κ1) is 58.6. The maximum Gasteiger partial charge on any atom is 0.306 e. The molecule has 2 heterocycles. The summed E-state index contributed by atoms with van der Waals surface area (Å²) in [5.41, 5.74) is 0. The molecule has 0 aromatic heterocycles. The number of rotatable bonds is 40. The molecule has 2 fully saturated rings. The number of aliphatic hydroxyl groups is 7. The summed E-state index contributed by atoms with van der Waals surface area (Å²) < 4.78 is 33.5. The van der Waals surface area contributed by atoms with Crippen molar-refractivity contribution in [3.8, 4) is 0 Å². The van der Waals surface area contributed by atoms with E-state index in [4.69, 9.17) is 28.4 Å². The van der Waals surface area contributed by atoms with Crippen molar-refractivity contribution < 1.29 is 73.8 Å². The van der Waals surface area contributed by atoms with Gasteiger partial charge in [0.25, 0.3) is 0 Å². The van der Waals surface area contributed by atoms with Crippen LogP contribution in [0.4, 0.5) is 0 Å². The molecule has 378 valence electrons. The quantitative estimate of drug-likeness (QED) is 0.0247. The summed E-state index contributed by atoms with van der Waals surface area (Å²) in [6, 6.07) is 0. The number of unbranched alkanes of at least 4 members (excludes halogenated alkanes) is 26. The van der Waals surface area contributed by atoms with Gasteiger partial charge in [0.05, 0.1) is 19.8 Å². The largest absolute Gasteiger partial charge is 0.462 e. The highest BCUT2D eigenvalue weighted by molar-refractivity contribution is 5.70. The maximum atomic E-state index is 13.0. The molecular weight excluding hydrogens is 829 g/mol. The molecule has 0 radical (unpaired) electrons. The summed E-state index contributed by atoms with van der Waals surface area (Å²) in [5.74, 6) is -0.919. The molecule has 15 heteroatoms. The number of hydrogen-bond donors (Lipinski definition) is 7. The molecular formula is C49H92O15. The van der Waals surface area contributed by atoms with Gasteiger partial charge in [0.15, 0.2) is 18.7 Å². The van der Waals surface area contributed by atoms with Crippen LogP contribution >= 0.6 is 0 Å². The fourth-order valence-corrected chi connectivity index (χ4v) is 8.34. The van der Waals surface area contributed by atoms with E-state index in [0.717, 1.165) is 44.9 Å². The second kappa shape index (κ2) is 37.5. The van der Waals surface area contributed by atoms with Crippen LogP contribution in [0.2, 0.25) is 0 Å². The van der Waals surface area contributed by atoms with Gasteiger partial charge < -0.3 is 64.2 Å². The molecule has 0 aliphatic carbocycles. The molecule has 0 saturated carbocycles. The highest BCUT2D eigenvalue weighted by atomic mass is 16.7. The number of aliphatic hydroxyl groups excluding tert-OH is 7. The molecule has 0 bridgehead atoms. The summed E-state index contributed by atoms with van der Waals surface area (Å²) in [4.78, 5) is 25.6. The van der Waals surface area contributed by atoms with Crippen LogP contribution in [-0.4, -0.2) is 142 Å². The lowest BCUT2D eigenvalue weighted by Crippen LogP contribution is -2.61. The van der Waals surface area contributed by atoms with Gasteiger partial charge in [-0.1, -0.05) is 181 Å². The molecule has 0 aromatic carbocycles. The summed E-state index contributed by atoms with van der Waals surface area (Å²) in [5, 5.41) is 71.9. The van der Waals surface area contributed by atoms with Crippen molar-refractivity contribution in [3.05, 3.63) is 0 Å². The van der Waals surface area contributed by atoms with Crippen LogP contribution in [0.25, 0.3) is 0 Å². The smallest absolute Gasteiger partial charge is 0.306 e.